The molecule has 0 aliphatic heterocycles. The first-order chi connectivity index (χ1) is 10.9. The Morgan fingerprint density at radius 3 is 1.60 bits per heavy atom. The minimum absolute atomic E-state index is 0.189. The van der Waals surface area contributed by atoms with Crippen molar-refractivity contribution in [2.45, 2.75) is 106 Å². The van der Waals surface area contributed by atoms with Gasteiger partial charge < -0.3 is 0 Å². The predicted octanol–water partition coefficient (Wildman–Crippen LogP) is 7.85. The van der Waals surface area contributed by atoms with Gasteiger partial charge in [-0.1, -0.05) is 101 Å². The van der Waals surface area contributed by atoms with Crippen LogP contribution in [0.4, 0.5) is 0 Å². The van der Waals surface area contributed by atoms with E-state index in [9.17, 15) is 0 Å². The molecule has 2 rings (SSSR count). The summed E-state index contributed by atoms with van der Waals surface area (Å²) in [7, 11) is 0. The summed E-state index contributed by atoms with van der Waals surface area (Å²) in [5, 5.41) is 0. The van der Waals surface area contributed by atoms with Gasteiger partial charge in [-0.15, -0.1) is 0 Å². The number of hydrogen-bond donors (Lipinski definition) is 0. The largest absolute Gasteiger partial charge is 0.0596 e. The Balaban J connectivity index is 2.87. The summed E-state index contributed by atoms with van der Waals surface area (Å²) in [6.45, 7) is 29.0. The maximum atomic E-state index is 2.57. The Kier molecular flexibility index (Phi) is 4.60. The second-order valence-corrected chi connectivity index (χ2v) is 12.6. The zero-order chi connectivity index (χ0) is 19.6. The zero-order valence-corrected chi connectivity index (χ0v) is 19.0. The molecular formula is C25H42. The van der Waals surface area contributed by atoms with Crippen molar-refractivity contribution in [3.63, 3.8) is 0 Å². The van der Waals surface area contributed by atoms with Crippen LogP contribution >= 0.6 is 0 Å². The summed E-state index contributed by atoms with van der Waals surface area (Å²) in [6.07, 6.45) is 1.26. The van der Waals surface area contributed by atoms with Gasteiger partial charge in [0.05, 0.1) is 0 Å². The molecule has 0 heterocycles. The molecule has 0 saturated carbocycles. The molecule has 0 bridgehead atoms. The van der Waals surface area contributed by atoms with Crippen LogP contribution in [0.5, 0.6) is 0 Å². The van der Waals surface area contributed by atoms with Crippen LogP contribution < -0.4 is 0 Å². The number of fused-ring (bicyclic) bond motifs is 1. The number of benzene rings is 1. The molecule has 1 aromatic carbocycles. The van der Waals surface area contributed by atoms with E-state index >= 15 is 0 Å². The van der Waals surface area contributed by atoms with Gasteiger partial charge in [0, 0.05) is 5.41 Å². The molecule has 1 aliphatic carbocycles. The first kappa shape index (κ1) is 20.5. The third-order valence-electron chi connectivity index (χ3n) is 6.87. The normalized spacial score (nSPS) is 21.4. The molecule has 0 amide bonds. The van der Waals surface area contributed by atoms with Crippen molar-refractivity contribution in [2.75, 3.05) is 0 Å². The first-order valence-corrected chi connectivity index (χ1v) is 10.1. The van der Waals surface area contributed by atoms with Gasteiger partial charge in [0.15, 0.2) is 0 Å². The molecule has 1 unspecified atom stereocenters. The van der Waals surface area contributed by atoms with Gasteiger partial charge in [-0.2, -0.15) is 0 Å². The Labute approximate surface area is 157 Å². The standard InChI is InChI=1S/C25H42/c1-21(2,3)17-13-14-18-19(15-17)25(23(7,8)9,24(10,11)12)16-20(18)22(4,5)6/h13-15,20H,16H2,1-12H3. The first-order valence-electron chi connectivity index (χ1n) is 10.1. The van der Waals surface area contributed by atoms with E-state index < -0.39 is 0 Å². The lowest BCUT2D eigenvalue weighted by molar-refractivity contribution is 0.0391. The summed E-state index contributed by atoms with van der Waals surface area (Å²) in [5.41, 5.74) is 5.80. The lowest BCUT2D eigenvalue weighted by atomic mass is 9.51. The summed E-state index contributed by atoms with van der Waals surface area (Å²) < 4.78 is 0. The smallest absolute Gasteiger partial charge is 0.00588 e. The zero-order valence-electron chi connectivity index (χ0n) is 19.0. The van der Waals surface area contributed by atoms with Gasteiger partial charge in [0.1, 0.15) is 0 Å². The molecule has 0 N–H and O–H groups in total. The van der Waals surface area contributed by atoms with Crippen molar-refractivity contribution < 1.29 is 0 Å². The topological polar surface area (TPSA) is 0 Å². The van der Waals surface area contributed by atoms with Crippen molar-refractivity contribution in [1.82, 2.24) is 0 Å². The Bertz CT molecular complexity index is 619. The van der Waals surface area contributed by atoms with Crippen molar-refractivity contribution in [3.05, 3.63) is 34.9 Å². The molecular weight excluding hydrogens is 300 g/mol. The van der Waals surface area contributed by atoms with Crippen molar-refractivity contribution in [2.24, 2.45) is 16.2 Å². The number of hydrogen-bond acceptors (Lipinski definition) is 0. The third kappa shape index (κ3) is 3.19. The lowest BCUT2D eigenvalue weighted by Crippen LogP contribution is -2.49. The maximum absolute atomic E-state index is 2.57. The predicted molar refractivity (Wildman–Crippen MR) is 113 cm³/mol. The van der Waals surface area contributed by atoms with E-state index in [1.54, 1.807) is 11.1 Å². The van der Waals surface area contributed by atoms with Crippen LogP contribution in [0.2, 0.25) is 0 Å². The molecule has 0 heteroatoms. The Hall–Kier alpha value is -0.780. The van der Waals surface area contributed by atoms with Gasteiger partial charge in [-0.3, -0.25) is 0 Å². The van der Waals surface area contributed by atoms with Crippen molar-refractivity contribution in [3.8, 4) is 0 Å². The average molecular weight is 343 g/mol. The highest BCUT2D eigenvalue weighted by Gasteiger charge is 2.58. The van der Waals surface area contributed by atoms with Crippen molar-refractivity contribution >= 4 is 0 Å². The highest BCUT2D eigenvalue weighted by molar-refractivity contribution is 5.49. The second kappa shape index (κ2) is 5.61. The minimum atomic E-state index is 0.189. The van der Waals surface area contributed by atoms with Crippen LogP contribution in [-0.2, 0) is 10.8 Å². The molecule has 0 radical (unpaired) electrons. The number of rotatable bonds is 0. The van der Waals surface area contributed by atoms with Gasteiger partial charge in [-0.25, -0.2) is 0 Å². The van der Waals surface area contributed by atoms with Crippen LogP contribution in [-0.4, -0.2) is 0 Å². The molecule has 0 aromatic heterocycles. The molecule has 1 aromatic rings. The molecule has 1 atom stereocenters. The molecule has 142 valence electrons. The minimum Gasteiger partial charge on any atom is -0.0596 e. The van der Waals surface area contributed by atoms with Crippen LogP contribution in [0, 0.1) is 16.2 Å². The monoisotopic (exact) mass is 342 g/mol. The van der Waals surface area contributed by atoms with E-state index in [-0.39, 0.29) is 27.1 Å². The molecule has 25 heavy (non-hydrogen) atoms. The van der Waals surface area contributed by atoms with E-state index in [0.29, 0.717) is 5.92 Å². The maximum Gasteiger partial charge on any atom is 0.00588 e. The van der Waals surface area contributed by atoms with Crippen LogP contribution in [0.3, 0.4) is 0 Å². The van der Waals surface area contributed by atoms with Gasteiger partial charge in [0.2, 0.25) is 0 Å². The van der Waals surface area contributed by atoms with Gasteiger partial charge in [-0.05, 0) is 50.7 Å². The summed E-state index contributed by atoms with van der Waals surface area (Å²) in [4.78, 5) is 0. The van der Waals surface area contributed by atoms with Gasteiger partial charge >= 0.3 is 0 Å². The lowest BCUT2D eigenvalue weighted by Gasteiger charge is -2.53. The quantitative estimate of drug-likeness (QED) is 0.450. The average Bonchev–Trinajstić information content (AvgIpc) is 2.71. The molecule has 0 fully saturated rings. The molecule has 0 saturated heterocycles. The summed E-state index contributed by atoms with van der Waals surface area (Å²) in [5.74, 6) is 0.620. The van der Waals surface area contributed by atoms with E-state index in [2.05, 4.69) is 101 Å². The summed E-state index contributed by atoms with van der Waals surface area (Å²) in [6, 6.07) is 7.42. The van der Waals surface area contributed by atoms with E-state index in [1.807, 2.05) is 0 Å². The van der Waals surface area contributed by atoms with Crippen LogP contribution in [0.15, 0.2) is 18.2 Å². The highest BCUT2D eigenvalue weighted by atomic mass is 14.6. The van der Waals surface area contributed by atoms with E-state index in [0.717, 1.165) is 0 Å². The fourth-order valence-electron chi connectivity index (χ4n) is 5.54. The van der Waals surface area contributed by atoms with Crippen molar-refractivity contribution in [1.29, 1.82) is 0 Å². The molecule has 1 aliphatic rings. The SMILES string of the molecule is CC(C)(C)c1ccc2c(c1)C(C(C)(C)C)(C(C)(C)C)CC2C(C)(C)C. The van der Waals surface area contributed by atoms with Gasteiger partial charge in [0.25, 0.3) is 0 Å². The fourth-order valence-corrected chi connectivity index (χ4v) is 5.54. The molecule has 0 nitrogen and oxygen atoms in total. The van der Waals surface area contributed by atoms with Crippen LogP contribution in [0.25, 0.3) is 0 Å². The summed E-state index contributed by atoms with van der Waals surface area (Å²) >= 11 is 0. The molecule has 0 spiro atoms. The van der Waals surface area contributed by atoms with E-state index in [4.69, 9.17) is 0 Å². The van der Waals surface area contributed by atoms with Crippen LogP contribution in [0.1, 0.15) is 112 Å². The van der Waals surface area contributed by atoms with E-state index in [1.165, 1.54) is 12.0 Å². The third-order valence-corrected chi connectivity index (χ3v) is 6.87. The highest BCUT2D eigenvalue weighted by Crippen LogP contribution is 2.65. The second-order valence-electron chi connectivity index (χ2n) is 12.6. The Morgan fingerprint density at radius 1 is 0.760 bits per heavy atom. The fraction of sp³-hybridized carbons (Fsp3) is 0.760. The Morgan fingerprint density at radius 2 is 1.24 bits per heavy atom.